The second kappa shape index (κ2) is 6.32. The monoisotopic (exact) mass is 294 g/mol. The number of rotatable bonds is 2. The molecule has 3 aliphatic heterocycles. The van der Waals surface area contributed by atoms with Crippen LogP contribution in [-0.2, 0) is 9.59 Å². The summed E-state index contributed by atoms with van der Waals surface area (Å²) in [7, 11) is 2.06. The highest BCUT2D eigenvalue weighted by molar-refractivity contribution is 5.89. The highest BCUT2D eigenvalue weighted by Gasteiger charge is 2.40. The number of hydrogen-bond donors (Lipinski definition) is 1. The lowest BCUT2D eigenvalue weighted by atomic mass is 10.1. The topological polar surface area (TPSA) is 55.9 Å². The van der Waals surface area contributed by atoms with Crippen molar-refractivity contribution in [3.63, 3.8) is 0 Å². The summed E-state index contributed by atoms with van der Waals surface area (Å²) < 4.78 is 0. The molecule has 0 radical (unpaired) electrons. The van der Waals surface area contributed by atoms with E-state index in [9.17, 15) is 9.59 Å². The average Bonchev–Trinajstić information content (AvgIpc) is 3.15. The fourth-order valence-corrected chi connectivity index (χ4v) is 3.75. The Labute approximate surface area is 126 Å². The number of nitrogens with zero attached hydrogens (tertiary/aromatic N) is 3. The zero-order valence-corrected chi connectivity index (χ0v) is 12.9. The van der Waals surface area contributed by atoms with E-state index in [-0.39, 0.29) is 23.8 Å². The van der Waals surface area contributed by atoms with Gasteiger partial charge in [0.05, 0.1) is 5.92 Å². The molecule has 6 heteroatoms. The predicted molar refractivity (Wildman–Crippen MR) is 79.8 cm³/mol. The predicted octanol–water partition coefficient (Wildman–Crippen LogP) is -0.639. The maximum absolute atomic E-state index is 12.7. The van der Waals surface area contributed by atoms with Gasteiger partial charge >= 0.3 is 0 Å². The molecule has 0 aromatic heterocycles. The van der Waals surface area contributed by atoms with Crippen LogP contribution in [0.1, 0.15) is 19.3 Å². The molecule has 3 heterocycles. The number of carbonyl (C=O) groups is 2. The first kappa shape index (κ1) is 14.8. The summed E-state index contributed by atoms with van der Waals surface area (Å²) >= 11 is 0. The molecule has 0 aliphatic carbocycles. The van der Waals surface area contributed by atoms with Gasteiger partial charge in [-0.3, -0.25) is 9.59 Å². The molecule has 3 aliphatic rings. The Kier molecular flexibility index (Phi) is 4.45. The van der Waals surface area contributed by atoms with E-state index in [0.717, 1.165) is 65.1 Å². The van der Waals surface area contributed by atoms with Crippen LogP contribution in [0.25, 0.3) is 0 Å². The van der Waals surface area contributed by atoms with Crippen molar-refractivity contribution < 1.29 is 9.59 Å². The van der Waals surface area contributed by atoms with Crippen molar-refractivity contribution in [3.05, 3.63) is 0 Å². The summed E-state index contributed by atoms with van der Waals surface area (Å²) in [6.45, 7) is 5.83. The lowest BCUT2D eigenvalue weighted by Gasteiger charge is -2.33. The average molecular weight is 294 g/mol. The van der Waals surface area contributed by atoms with E-state index in [0.29, 0.717) is 0 Å². The highest BCUT2D eigenvalue weighted by Crippen LogP contribution is 2.25. The summed E-state index contributed by atoms with van der Waals surface area (Å²) in [5, 5.41) is 3.26. The Morgan fingerprint density at radius 3 is 2.43 bits per heavy atom. The van der Waals surface area contributed by atoms with Crippen molar-refractivity contribution in [3.8, 4) is 0 Å². The third kappa shape index (κ3) is 3.06. The van der Waals surface area contributed by atoms with Crippen molar-refractivity contribution in [1.82, 2.24) is 20.0 Å². The summed E-state index contributed by atoms with van der Waals surface area (Å²) in [4.78, 5) is 31.4. The Morgan fingerprint density at radius 2 is 1.76 bits per heavy atom. The van der Waals surface area contributed by atoms with Gasteiger partial charge in [-0.1, -0.05) is 0 Å². The van der Waals surface area contributed by atoms with Crippen molar-refractivity contribution in [2.24, 2.45) is 5.92 Å². The first-order valence-electron chi connectivity index (χ1n) is 8.15. The molecule has 3 saturated heterocycles. The number of amides is 2. The maximum Gasteiger partial charge on any atom is 0.245 e. The standard InChI is InChI=1S/C15H26N4O2/c1-17-8-4-12(11-17)14(20)19-7-2-3-13(19)15(21)18-9-5-16-6-10-18/h12-13,16H,2-11H2,1H3. The summed E-state index contributed by atoms with van der Waals surface area (Å²) in [6.07, 6.45) is 2.72. The minimum atomic E-state index is -0.207. The molecular formula is C15H26N4O2. The Hall–Kier alpha value is -1.14. The van der Waals surface area contributed by atoms with Crippen LogP contribution in [0.15, 0.2) is 0 Å². The van der Waals surface area contributed by atoms with Gasteiger partial charge in [-0.15, -0.1) is 0 Å². The van der Waals surface area contributed by atoms with Crippen molar-refractivity contribution in [1.29, 1.82) is 0 Å². The molecule has 3 rings (SSSR count). The third-order valence-corrected chi connectivity index (χ3v) is 4.99. The van der Waals surface area contributed by atoms with Crippen molar-refractivity contribution in [2.75, 3.05) is 52.9 Å². The smallest absolute Gasteiger partial charge is 0.245 e. The second-order valence-corrected chi connectivity index (χ2v) is 6.51. The van der Waals surface area contributed by atoms with Crippen molar-refractivity contribution in [2.45, 2.75) is 25.3 Å². The van der Waals surface area contributed by atoms with Gasteiger partial charge in [0, 0.05) is 39.3 Å². The summed E-state index contributed by atoms with van der Waals surface area (Å²) in [5.41, 5.74) is 0. The molecule has 0 aromatic rings. The van der Waals surface area contributed by atoms with Crippen LogP contribution in [-0.4, -0.2) is 85.4 Å². The Bertz CT molecular complexity index is 386. The second-order valence-electron chi connectivity index (χ2n) is 6.51. The molecular weight excluding hydrogens is 268 g/mol. The number of carbonyl (C=O) groups excluding carboxylic acids is 2. The van der Waals surface area contributed by atoms with Crippen LogP contribution in [0.3, 0.4) is 0 Å². The number of likely N-dealkylation sites (tertiary alicyclic amines) is 2. The van der Waals surface area contributed by atoms with Crippen LogP contribution < -0.4 is 5.32 Å². The molecule has 0 aromatic carbocycles. The molecule has 0 saturated carbocycles. The largest absolute Gasteiger partial charge is 0.338 e. The molecule has 6 nitrogen and oxygen atoms in total. The summed E-state index contributed by atoms with van der Waals surface area (Å²) in [5.74, 6) is 0.449. The normalized spacial score (nSPS) is 30.9. The molecule has 21 heavy (non-hydrogen) atoms. The van der Waals surface area contributed by atoms with Gasteiger partial charge in [0.15, 0.2) is 0 Å². The van der Waals surface area contributed by atoms with Gasteiger partial charge in [-0.25, -0.2) is 0 Å². The molecule has 0 spiro atoms. The lowest BCUT2D eigenvalue weighted by molar-refractivity contribution is -0.146. The minimum Gasteiger partial charge on any atom is -0.338 e. The van der Waals surface area contributed by atoms with Crippen LogP contribution in [0.4, 0.5) is 0 Å². The third-order valence-electron chi connectivity index (χ3n) is 4.99. The van der Waals surface area contributed by atoms with Crippen LogP contribution >= 0.6 is 0 Å². The van der Waals surface area contributed by atoms with Crippen LogP contribution in [0, 0.1) is 5.92 Å². The fourth-order valence-electron chi connectivity index (χ4n) is 3.75. The molecule has 2 unspecified atom stereocenters. The zero-order valence-electron chi connectivity index (χ0n) is 12.9. The van der Waals surface area contributed by atoms with Gasteiger partial charge in [0.2, 0.25) is 11.8 Å². The first-order chi connectivity index (χ1) is 10.2. The first-order valence-corrected chi connectivity index (χ1v) is 8.15. The molecule has 3 fully saturated rings. The van der Waals surface area contributed by atoms with Crippen molar-refractivity contribution >= 4 is 11.8 Å². The van der Waals surface area contributed by atoms with Crippen LogP contribution in [0.2, 0.25) is 0 Å². The van der Waals surface area contributed by atoms with E-state index in [1.165, 1.54) is 0 Å². The van der Waals surface area contributed by atoms with E-state index >= 15 is 0 Å². The van der Waals surface area contributed by atoms with E-state index < -0.39 is 0 Å². The van der Waals surface area contributed by atoms with E-state index in [4.69, 9.17) is 0 Å². The molecule has 0 bridgehead atoms. The number of hydrogen-bond acceptors (Lipinski definition) is 4. The Balaban J connectivity index is 1.64. The SMILES string of the molecule is CN1CCC(C(=O)N2CCCC2C(=O)N2CCNCC2)C1. The van der Waals surface area contributed by atoms with E-state index in [1.807, 2.05) is 9.80 Å². The molecule has 1 N–H and O–H groups in total. The minimum absolute atomic E-state index is 0.0893. The quantitative estimate of drug-likeness (QED) is 0.736. The summed E-state index contributed by atoms with van der Waals surface area (Å²) in [6, 6.07) is -0.207. The fraction of sp³-hybridized carbons (Fsp3) is 0.867. The van der Waals surface area contributed by atoms with Gasteiger partial charge in [0.25, 0.3) is 0 Å². The van der Waals surface area contributed by atoms with Gasteiger partial charge in [-0.2, -0.15) is 0 Å². The van der Waals surface area contributed by atoms with Crippen LogP contribution in [0.5, 0.6) is 0 Å². The van der Waals surface area contributed by atoms with Gasteiger partial charge < -0.3 is 20.0 Å². The number of piperazine rings is 1. The van der Waals surface area contributed by atoms with E-state index in [1.54, 1.807) is 0 Å². The lowest BCUT2D eigenvalue weighted by Crippen LogP contribution is -2.54. The number of nitrogens with one attached hydrogen (secondary N) is 1. The van der Waals surface area contributed by atoms with Gasteiger partial charge in [0.1, 0.15) is 6.04 Å². The molecule has 2 amide bonds. The van der Waals surface area contributed by atoms with E-state index in [2.05, 4.69) is 17.3 Å². The Morgan fingerprint density at radius 1 is 1.00 bits per heavy atom. The molecule has 118 valence electrons. The van der Waals surface area contributed by atoms with Gasteiger partial charge in [-0.05, 0) is 32.9 Å². The molecule has 2 atom stereocenters. The zero-order chi connectivity index (χ0) is 14.8. The highest BCUT2D eigenvalue weighted by atomic mass is 16.2. The maximum atomic E-state index is 12.7.